The third kappa shape index (κ3) is 4.07. The quantitative estimate of drug-likeness (QED) is 0.792. The molecule has 0 saturated heterocycles. The predicted molar refractivity (Wildman–Crippen MR) is 96.1 cm³/mol. The van der Waals surface area contributed by atoms with Crippen LogP contribution in [0, 0.1) is 6.92 Å². The SMILES string of the molecule is CCN=C(C)CNc1cc(-c2ccc(C)cc2)cnc1NC. The first-order chi connectivity index (χ1) is 10.6. The monoisotopic (exact) mass is 296 g/mol. The van der Waals surface area contributed by atoms with Gasteiger partial charge in [-0.25, -0.2) is 4.98 Å². The Bertz CT molecular complexity index is 645. The molecule has 116 valence electrons. The van der Waals surface area contributed by atoms with E-state index in [1.807, 2.05) is 27.1 Å². The Kier molecular flexibility index (Phi) is 5.53. The minimum absolute atomic E-state index is 0.724. The average molecular weight is 296 g/mol. The summed E-state index contributed by atoms with van der Waals surface area (Å²) >= 11 is 0. The van der Waals surface area contributed by atoms with Crippen LogP contribution in [0.2, 0.25) is 0 Å². The first kappa shape index (κ1) is 16.0. The Labute approximate surface area is 132 Å². The zero-order valence-corrected chi connectivity index (χ0v) is 13.8. The number of benzene rings is 1. The van der Waals surface area contributed by atoms with Crippen molar-refractivity contribution in [2.24, 2.45) is 4.99 Å². The molecule has 0 aliphatic carbocycles. The number of pyridine rings is 1. The number of aliphatic imine (C=N–C) groups is 1. The summed E-state index contributed by atoms with van der Waals surface area (Å²) in [5, 5.41) is 6.54. The van der Waals surface area contributed by atoms with Crippen molar-refractivity contribution in [2.75, 3.05) is 30.8 Å². The Morgan fingerprint density at radius 1 is 1.18 bits per heavy atom. The normalized spacial score (nSPS) is 11.4. The number of nitrogens with zero attached hydrogens (tertiary/aromatic N) is 2. The number of hydrogen-bond acceptors (Lipinski definition) is 4. The molecule has 4 heteroatoms. The summed E-state index contributed by atoms with van der Waals surface area (Å²) in [6.45, 7) is 7.71. The lowest BCUT2D eigenvalue weighted by Crippen LogP contribution is -2.12. The molecule has 4 nitrogen and oxygen atoms in total. The molecule has 0 radical (unpaired) electrons. The molecule has 2 N–H and O–H groups in total. The molecule has 0 spiro atoms. The fourth-order valence-electron chi connectivity index (χ4n) is 2.25. The predicted octanol–water partition coefficient (Wildman–Crippen LogP) is 3.99. The first-order valence-corrected chi connectivity index (χ1v) is 7.62. The molecule has 2 aromatic rings. The zero-order chi connectivity index (χ0) is 15.9. The molecule has 0 fully saturated rings. The fourth-order valence-corrected chi connectivity index (χ4v) is 2.25. The van der Waals surface area contributed by atoms with Gasteiger partial charge in [0.1, 0.15) is 5.82 Å². The number of aryl methyl sites for hydroxylation is 1. The van der Waals surface area contributed by atoms with Crippen LogP contribution in [-0.2, 0) is 0 Å². The van der Waals surface area contributed by atoms with E-state index in [4.69, 9.17) is 0 Å². The van der Waals surface area contributed by atoms with Gasteiger partial charge in [0.15, 0.2) is 0 Å². The maximum absolute atomic E-state index is 4.51. The molecular weight excluding hydrogens is 272 g/mol. The van der Waals surface area contributed by atoms with Crippen LogP contribution < -0.4 is 10.6 Å². The van der Waals surface area contributed by atoms with Crippen molar-refractivity contribution in [3.63, 3.8) is 0 Å². The number of nitrogens with one attached hydrogen (secondary N) is 2. The minimum Gasteiger partial charge on any atom is -0.377 e. The van der Waals surface area contributed by atoms with Crippen molar-refractivity contribution < 1.29 is 0 Å². The van der Waals surface area contributed by atoms with Crippen LogP contribution in [0.5, 0.6) is 0 Å². The van der Waals surface area contributed by atoms with Crippen molar-refractivity contribution in [3.8, 4) is 11.1 Å². The van der Waals surface area contributed by atoms with E-state index < -0.39 is 0 Å². The molecule has 22 heavy (non-hydrogen) atoms. The van der Waals surface area contributed by atoms with Gasteiger partial charge in [0, 0.05) is 31.1 Å². The summed E-state index contributed by atoms with van der Waals surface area (Å²) in [6.07, 6.45) is 1.90. The Balaban J connectivity index is 2.25. The van der Waals surface area contributed by atoms with Gasteiger partial charge in [0.25, 0.3) is 0 Å². The van der Waals surface area contributed by atoms with E-state index in [0.29, 0.717) is 0 Å². The molecule has 0 amide bonds. The molecule has 1 heterocycles. The smallest absolute Gasteiger partial charge is 0.149 e. The highest BCUT2D eigenvalue weighted by molar-refractivity contribution is 5.87. The highest BCUT2D eigenvalue weighted by Gasteiger charge is 2.06. The molecule has 0 aliphatic heterocycles. The standard InChI is InChI=1S/C18H24N4/c1-5-20-14(3)11-21-17-10-16(12-22-18(17)19-4)15-8-6-13(2)7-9-15/h6-10,12,21H,5,11H2,1-4H3,(H,19,22). The van der Waals surface area contributed by atoms with E-state index in [9.17, 15) is 0 Å². The molecule has 1 aromatic carbocycles. The minimum atomic E-state index is 0.724. The van der Waals surface area contributed by atoms with Gasteiger partial charge in [-0.1, -0.05) is 29.8 Å². The number of rotatable bonds is 6. The molecular formula is C18H24N4. The van der Waals surface area contributed by atoms with Gasteiger partial charge in [0.05, 0.1) is 12.2 Å². The van der Waals surface area contributed by atoms with Gasteiger partial charge in [0.2, 0.25) is 0 Å². The molecule has 0 atom stereocenters. The lowest BCUT2D eigenvalue weighted by atomic mass is 10.1. The average Bonchev–Trinajstić information content (AvgIpc) is 2.53. The van der Waals surface area contributed by atoms with Crippen molar-refractivity contribution in [2.45, 2.75) is 20.8 Å². The largest absolute Gasteiger partial charge is 0.377 e. The molecule has 1 aromatic heterocycles. The first-order valence-electron chi connectivity index (χ1n) is 7.62. The van der Waals surface area contributed by atoms with Crippen LogP contribution in [0.3, 0.4) is 0 Å². The summed E-state index contributed by atoms with van der Waals surface area (Å²) in [7, 11) is 1.88. The van der Waals surface area contributed by atoms with Gasteiger partial charge < -0.3 is 10.6 Å². The summed E-state index contributed by atoms with van der Waals surface area (Å²) in [5.74, 6) is 0.847. The van der Waals surface area contributed by atoms with E-state index in [2.05, 4.69) is 57.9 Å². The van der Waals surface area contributed by atoms with Crippen LogP contribution in [0.4, 0.5) is 11.5 Å². The van der Waals surface area contributed by atoms with Gasteiger partial charge >= 0.3 is 0 Å². The van der Waals surface area contributed by atoms with Gasteiger partial charge in [-0.15, -0.1) is 0 Å². The van der Waals surface area contributed by atoms with Crippen LogP contribution >= 0.6 is 0 Å². The topological polar surface area (TPSA) is 49.3 Å². The maximum atomic E-state index is 4.51. The van der Waals surface area contributed by atoms with Gasteiger partial charge in [-0.05, 0) is 32.4 Å². The van der Waals surface area contributed by atoms with Gasteiger partial charge in [-0.3, -0.25) is 4.99 Å². The van der Waals surface area contributed by atoms with E-state index in [-0.39, 0.29) is 0 Å². The number of aromatic nitrogens is 1. The number of anilines is 2. The lowest BCUT2D eigenvalue weighted by Gasteiger charge is -2.13. The molecule has 0 bridgehead atoms. The van der Waals surface area contributed by atoms with Crippen molar-refractivity contribution >= 4 is 17.2 Å². The molecule has 0 unspecified atom stereocenters. The Morgan fingerprint density at radius 2 is 1.91 bits per heavy atom. The second-order valence-corrected chi connectivity index (χ2v) is 5.30. The van der Waals surface area contributed by atoms with Crippen molar-refractivity contribution in [3.05, 3.63) is 42.1 Å². The van der Waals surface area contributed by atoms with Crippen LogP contribution in [-0.4, -0.2) is 30.8 Å². The van der Waals surface area contributed by atoms with E-state index in [1.165, 1.54) is 11.1 Å². The highest BCUT2D eigenvalue weighted by atomic mass is 15.0. The van der Waals surface area contributed by atoms with E-state index in [0.717, 1.165) is 35.9 Å². The lowest BCUT2D eigenvalue weighted by molar-refractivity contribution is 1.11. The zero-order valence-electron chi connectivity index (χ0n) is 13.8. The molecule has 2 rings (SSSR count). The third-order valence-electron chi connectivity index (χ3n) is 3.47. The summed E-state index contributed by atoms with van der Waals surface area (Å²) in [6, 6.07) is 10.6. The van der Waals surface area contributed by atoms with Crippen molar-refractivity contribution in [1.29, 1.82) is 0 Å². The Hall–Kier alpha value is -2.36. The molecule has 0 aliphatic rings. The molecule has 0 saturated carbocycles. The summed E-state index contributed by atoms with van der Waals surface area (Å²) in [5.41, 5.74) is 5.61. The number of hydrogen-bond donors (Lipinski definition) is 2. The van der Waals surface area contributed by atoms with E-state index >= 15 is 0 Å². The fraction of sp³-hybridized carbons (Fsp3) is 0.333. The highest BCUT2D eigenvalue weighted by Crippen LogP contribution is 2.26. The van der Waals surface area contributed by atoms with Crippen LogP contribution in [0.25, 0.3) is 11.1 Å². The van der Waals surface area contributed by atoms with Gasteiger partial charge in [-0.2, -0.15) is 0 Å². The van der Waals surface area contributed by atoms with E-state index in [1.54, 1.807) is 0 Å². The maximum Gasteiger partial charge on any atom is 0.149 e. The van der Waals surface area contributed by atoms with Crippen molar-refractivity contribution in [1.82, 2.24) is 4.98 Å². The second-order valence-electron chi connectivity index (χ2n) is 5.30. The Morgan fingerprint density at radius 3 is 2.55 bits per heavy atom. The third-order valence-corrected chi connectivity index (χ3v) is 3.47. The summed E-state index contributed by atoms with van der Waals surface area (Å²) in [4.78, 5) is 8.91. The summed E-state index contributed by atoms with van der Waals surface area (Å²) < 4.78 is 0. The second kappa shape index (κ2) is 7.59. The van der Waals surface area contributed by atoms with Crippen LogP contribution in [0.1, 0.15) is 19.4 Å². The van der Waals surface area contributed by atoms with Crippen LogP contribution in [0.15, 0.2) is 41.5 Å².